The molecule has 1 atom stereocenters. The molecule has 0 aliphatic heterocycles. The average molecular weight is 478 g/mol. The van der Waals surface area contributed by atoms with E-state index in [1.165, 1.54) is 6.08 Å². The second-order valence-corrected chi connectivity index (χ2v) is 7.95. The first-order valence-electron chi connectivity index (χ1n) is 8.86. The smallest absolute Gasteiger partial charge is 0.157 e. The van der Waals surface area contributed by atoms with Crippen LogP contribution < -0.4 is 14.2 Å². The van der Waals surface area contributed by atoms with Crippen LogP contribution in [0.2, 0.25) is 10.0 Å². The molecule has 0 aliphatic carbocycles. The Morgan fingerprint density at radius 1 is 1.03 bits per heavy atom. The lowest BCUT2D eigenvalue weighted by atomic mass is 10.2. The maximum absolute atomic E-state index is 10.6. The molecule has 1 unspecified atom stereocenters. The summed E-state index contributed by atoms with van der Waals surface area (Å²) in [5, 5.41) is 0.707. The van der Waals surface area contributed by atoms with Gasteiger partial charge in [0.15, 0.2) is 5.75 Å². The van der Waals surface area contributed by atoms with Gasteiger partial charge in [0.1, 0.15) is 28.9 Å². The van der Waals surface area contributed by atoms with Gasteiger partial charge in [-0.15, -0.1) is 0 Å². The number of carbonyl (C=O) groups is 1. The van der Waals surface area contributed by atoms with Crippen LogP contribution in [0.4, 0.5) is 0 Å². The summed E-state index contributed by atoms with van der Waals surface area (Å²) >= 11 is 23.6. The van der Waals surface area contributed by atoms with Crippen LogP contribution in [0.3, 0.4) is 0 Å². The van der Waals surface area contributed by atoms with Crippen LogP contribution >= 0.6 is 46.4 Å². The van der Waals surface area contributed by atoms with E-state index in [0.29, 0.717) is 33.7 Å². The lowest BCUT2D eigenvalue weighted by molar-refractivity contribution is 0.112. The van der Waals surface area contributed by atoms with E-state index < -0.39 is 0 Å². The Labute approximate surface area is 190 Å². The van der Waals surface area contributed by atoms with Gasteiger partial charge in [0, 0.05) is 17.7 Å². The zero-order valence-electron chi connectivity index (χ0n) is 15.7. The van der Waals surface area contributed by atoms with Gasteiger partial charge in [-0.3, -0.25) is 4.79 Å². The van der Waals surface area contributed by atoms with Gasteiger partial charge in [0.05, 0.1) is 22.8 Å². The van der Waals surface area contributed by atoms with E-state index in [1.807, 2.05) is 6.92 Å². The van der Waals surface area contributed by atoms with Crippen LogP contribution in [0.5, 0.6) is 17.2 Å². The summed E-state index contributed by atoms with van der Waals surface area (Å²) in [4.78, 5) is 10.6. The molecule has 0 fully saturated rings. The lowest BCUT2D eigenvalue weighted by Crippen LogP contribution is -2.14. The highest BCUT2D eigenvalue weighted by molar-refractivity contribution is 6.55. The van der Waals surface area contributed by atoms with Crippen molar-refractivity contribution in [1.29, 1.82) is 0 Å². The Balaban J connectivity index is 1.80. The molecule has 0 N–H and O–H groups in total. The summed E-state index contributed by atoms with van der Waals surface area (Å²) in [7, 11) is 0. The standard InChI is InChI=1S/C21H20Cl4O4/c1-14(3-2-9-27-16-6-4-15(13-26)5-7-16)29-21-18(22)11-17(12-19(21)23)28-10-8-20(24)25/h4-8,11-14H,2-3,9-10H2,1H3. The monoisotopic (exact) mass is 476 g/mol. The second kappa shape index (κ2) is 12.2. The molecule has 0 spiro atoms. The van der Waals surface area contributed by atoms with Gasteiger partial charge in [-0.05, 0) is 50.1 Å². The zero-order valence-corrected chi connectivity index (χ0v) is 18.7. The molecule has 0 heterocycles. The van der Waals surface area contributed by atoms with E-state index in [4.69, 9.17) is 60.6 Å². The minimum Gasteiger partial charge on any atom is -0.494 e. The molecule has 8 heteroatoms. The predicted molar refractivity (Wildman–Crippen MR) is 118 cm³/mol. The molecular formula is C21H20Cl4O4. The van der Waals surface area contributed by atoms with E-state index in [-0.39, 0.29) is 17.2 Å². The van der Waals surface area contributed by atoms with Crippen molar-refractivity contribution >= 4 is 52.7 Å². The number of hydrogen-bond acceptors (Lipinski definition) is 4. The van der Waals surface area contributed by atoms with Crippen molar-refractivity contribution in [1.82, 2.24) is 0 Å². The molecule has 156 valence electrons. The summed E-state index contributed by atoms with van der Waals surface area (Å²) in [5.41, 5.74) is 0.615. The number of carbonyl (C=O) groups excluding carboxylic acids is 1. The van der Waals surface area contributed by atoms with Crippen LogP contribution in [-0.2, 0) is 0 Å². The molecule has 0 radical (unpaired) electrons. The molecule has 0 amide bonds. The van der Waals surface area contributed by atoms with Gasteiger partial charge >= 0.3 is 0 Å². The largest absolute Gasteiger partial charge is 0.494 e. The molecule has 0 aromatic heterocycles. The Hall–Kier alpha value is -1.59. The number of ether oxygens (including phenoxy) is 3. The summed E-state index contributed by atoms with van der Waals surface area (Å²) in [6.07, 6.45) is 3.71. The number of hydrogen-bond donors (Lipinski definition) is 0. The summed E-state index contributed by atoms with van der Waals surface area (Å²) in [5.74, 6) is 1.61. The van der Waals surface area contributed by atoms with Crippen molar-refractivity contribution in [3.8, 4) is 17.2 Å². The maximum Gasteiger partial charge on any atom is 0.157 e. The van der Waals surface area contributed by atoms with Crippen molar-refractivity contribution in [3.63, 3.8) is 0 Å². The first-order chi connectivity index (χ1) is 13.9. The molecule has 2 aromatic rings. The maximum atomic E-state index is 10.6. The molecule has 0 aliphatic rings. The molecule has 29 heavy (non-hydrogen) atoms. The Kier molecular flexibility index (Phi) is 9.95. The Morgan fingerprint density at radius 2 is 1.69 bits per heavy atom. The van der Waals surface area contributed by atoms with Gasteiger partial charge in [0.2, 0.25) is 0 Å². The first kappa shape index (κ1) is 23.7. The minimum atomic E-state index is -0.115. The number of halogens is 4. The van der Waals surface area contributed by atoms with Gasteiger partial charge in [-0.2, -0.15) is 0 Å². The third-order valence-corrected chi connectivity index (χ3v) is 4.69. The molecule has 2 aromatic carbocycles. The van der Waals surface area contributed by atoms with Crippen molar-refractivity contribution in [2.24, 2.45) is 0 Å². The first-order valence-corrected chi connectivity index (χ1v) is 10.4. The Morgan fingerprint density at radius 3 is 2.28 bits per heavy atom. The molecular weight excluding hydrogens is 458 g/mol. The third-order valence-electron chi connectivity index (χ3n) is 3.82. The Bertz CT molecular complexity index is 810. The lowest BCUT2D eigenvalue weighted by Gasteiger charge is -2.18. The molecule has 0 bridgehead atoms. The van der Waals surface area contributed by atoms with Gasteiger partial charge < -0.3 is 14.2 Å². The van der Waals surface area contributed by atoms with Gasteiger partial charge in [0.25, 0.3) is 0 Å². The number of rotatable bonds is 11. The third kappa shape index (κ3) is 8.35. The molecule has 2 rings (SSSR count). The quantitative estimate of drug-likeness (QED) is 0.255. The highest BCUT2D eigenvalue weighted by Gasteiger charge is 2.14. The van der Waals surface area contributed by atoms with Crippen LogP contribution in [0, 0.1) is 0 Å². The number of benzene rings is 2. The van der Waals surface area contributed by atoms with Crippen LogP contribution in [0.25, 0.3) is 0 Å². The predicted octanol–water partition coefficient (Wildman–Crippen LogP) is 7.13. The van der Waals surface area contributed by atoms with Crippen molar-refractivity contribution in [2.75, 3.05) is 13.2 Å². The van der Waals surface area contributed by atoms with E-state index in [0.717, 1.165) is 24.9 Å². The summed E-state index contributed by atoms with van der Waals surface area (Å²) < 4.78 is 17.1. The van der Waals surface area contributed by atoms with Crippen LogP contribution in [0.15, 0.2) is 47.0 Å². The fraction of sp³-hybridized carbons (Fsp3) is 0.286. The van der Waals surface area contributed by atoms with E-state index in [1.54, 1.807) is 36.4 Å². The fourth-order valence-electron chi connectivity index (χ4n) is 2.40. The molecule has 0 saturated carbocycles. The highest BCUT2D eigenvalue weighted by Crippen LogP contribution is 2.38. The van der Waals surface area contributed by atoms with Gasteiger partial charge in [-0.25, -0.2) is 0 Å². The summed E-state index contributed by atoms with van der Waals surface area (Å²) in [6, 6.07) is 10.2. The van der Waals surface area contributed by atoms with Crippen molar-refractivity contribution in [3.05, 3.63) is 62.6 Å². The summed E-state index contributed by atoms with van der Waals surface area (Å²) in [6.45, 7) is 2.66. The normalized spacial score (nSPS) is 11.5. The van der Waals surface area contributed by atoms with E-state index in [9.17, 15) is 4.79 Å². The fourth-order valence-corrected chi connectivity index (χ4v) is 3.08. The van der Waals surface area contributed by atoms with Crippen LogP contribution in [0.1, 0.15) is 30.1 Å². The van der Waals surface area contributed by atoms with E-state index >= 15 is 0 Å². The van der Waals surface area contributed by atoms with Crippen LogP contribution in [-0.4, -0.2) is 25.6 Å². The van der Waals surface area contributed by atoms with Crippen molar-refractivity contribution < 1.29 is 19.0 Å². The average Bonchev–Trinajstić information content (AvgIpc) is 2.68. The highest BCUT2D eigenvalue weighted by atomic mass is 35.5. The SMILES string of the molecule is CC(CCCOc1ccc(C=O)cc1)Oc1c(Cl)cc(OCC=C(Cl)Cl)cc1Cl. The van der Waals surface area contributed by atoms with E-state index in [2.05, 4.69) is 0 Å². The van der Waals surface area contributed by atoms with Gasteiger partial charge in [-0.1, -0.05) is 46.4 Å². The van der Waals surface area contributed by atoms with Crippen molar-refractivity contribution in [2.45, 2.75) is 25.9 Å². The molecule has 0 saturated heterocycles. The second-order valence-electron chi connectivity index (χ2n) is 6.13. The molecule has 4 nitrogen and oxygen atoms in total. The minimum absolute atomic E-state index is 0.115. The topological polar surface area (TPSA) is 44.8 Å². The zero-order chi connectivity index (χ0) is 21.2. The number of aldehydes is 1.